The number of nitriles is 2. The number of piperazine rings is 1. The van der Waals surface area contributed by atoms with E-state index in [2.05, 4.69) is 26.9 Å². The van der Waals surface area contributed by atoms with Crippen molar-refractivity contribution in [3.05, 3.63) is 45.5 Å². The number of carbonyl (C=O) groups is 1. The Balaban J connectivity index is 1.17. The van der Waals surface area contributed by atoms with Crippen LogP contribution in [0.2, 0.25) is 0 Å². The number of anilines is 4. The highest BCUT2D eigenvalue weighted by atomic mass is 32.2. The average Bonchev–Trinajstić information content (AvgIpc) is 3.76. The molecule has 6 N–H and O–H groups in total. The molecule has 1 spiro atoms. The first-order valence-electron chi connectivity index (χ1n) is 16.4. The summed E-state index contributed by atoms with van der Waals surface area (Å²) in [5.41, 5.74) is 21.1. The maximum Gasteiger partial charge on any atom is 0.320 e. The Morgan fingerprint density at radius 1 is 1.18 bits per heavy atom. The Kier molecular flexibility index (Phi) is 8.69. The van der Waals surface area contributed by atoms with Crippen molar-refractivity contribution < 1.29 is 9.53 Å². The molecule has 4 aliphatic rings. The number of carbonyl (C=O) groups excluding carboxylic acids is 1. The van der Waals surface area contributed by atoms with Gasteiger partial charge in [-0.25, -0.2) is 4.98 Å². The zero-order valence-electron chi connectivity index (χ0n) is 27.8. The number of hydrogen-bond acceptors (Lipinski definition) is 15. The summed E-state index contributed by atoms with van der Waals surface area (Å²) in [5, 5.41) is 21.0. The number of thioether (sulfide) groups is 1. The van der Waals surface area contributed by atoms with Crippen LogP contribution in [0.1, 0.15) is 59.9 Å². The lowest BCUT2D eigenvalue weighted by molar-refractivity contribution is -0.135. The second-order valence-corrected chi connectivity index (χ2v) is 15.8. The van der Waals surface area contributed by atoms with Gasteiger partial charge in [0.25, 0.3) is 0 Å². The van der Waals surface area contributed by atoms with Crippen LogP contribution in [-0.2, 0) is 15.3 Å². The van der Waals surface area contributed by atoms with Gasteiger partial charge in [-0.15, -0.1) is 23.1 Å². The Hall–Kier alpha value is -4.35. The summed E-state index contributed by atoms with van der Waals surface area (Å²) < 4.78 is 6.11. The van der Waals surface area contributed by atoms with Gasteiger partial charge in [-0.1, -0.05) is 6.07 Å². The van der Waals surface area contributed by atoms with Gasteiger partial charge >= 0.3 is 6.01 Å². The van der Waals surface area contributed by atoms with Gasteiger partial charge in [0.05, 0.1) is 22.4 Å². The molecule has 0 unspecified atom stereocenters. The fourth-order valence-corrected chi connectivity index (χ4v) is 10.5. The molecule has 3 fully saturated rings. The molecule has 0 aliphatic carbocycles. The van der Waals surface area contributed by atoms with Gasteiger partial charge in [0.2, 0.25) is 5.91 Å². The third-order valence-corrected chi connectivity index (χ3v) is 13.0. The van der Waals surface area contributed by atoms with Crippen LogP contribution in [0.4, 0.5) is 22.5 Å². The van der Waals surface area contributed by atoms with Gasteiger partial charge in [-0.05, 0) is 32.8 Å². The third-order valence-electron chi connectivity index (χ3n) is 10.4. The molecule has 7 heterocycles. The van der Waals surface area contributed by atoms with E-state index in [1.807, 2.05) is 47.7 Å². The SMILES string of the molecule is C[C@H](c1cccnc1N)N(C)c1nc(OC[C@@H]2CC[C@H]3CN(C(=O)[C@@H](C)N)CCN23)nc(N2CC3(C2)SCc2sc(N)c(C#N)c23)c1C#N. The number of fused-ring (bicyclic) bond motifs is 3. The Bertz CT molecular complexity index is 1860. The molecule has 3 saturated heterocycles. The molecule has 1 amide bonds. The van der Waals surface area contributed by atoms with Gasteiger partial charge in [-0.2, -0.15) is 20.5 Å². The third kappa shape index (κ3) is 5.66. The van der Waals surface area contributed by atoms with Crippen molar-refractivity contribution in [3.8, 4) is 18.1 Å². The molecule has 0 radical (unpaired) electrons. The number of hydrogen-bond donors (Lipinski definition) is 3. The molecule has 49 heavy (non-hydrogen) atoms. The summed E-state index contributed by atoms with van der Waals surface area (Å²) in [7, 11) is 1.88. The van der Waals surface area contributed by atoms with Crippen LogP contribution in [0.5, 0.6) is 6.01 Å². The minimum atomic E-state index is -0.508. The van der Waals surface area contributed by atoms with Crippen molar-refractivity contribution in [2.75, 3.05) is 67.6 Å². The Labute approximate surface area is 293 Å². The molecular formula is C33H40N12O2S2. The standard InChI is InChI=1S/C33H40N12O2S2/c1-18(36)31(46)43-9-10-45-20(13-43)6-7-21(45)14-47-32-40-29(42(3)19(2)22-5-4-8-39-27(22)37)24(12-35)30(41-32)44-16-33(17-44)26-23(11-34)28(38)49-25(26)15-48-33/h4-5,8,18-21H,6-7,9-10,13-17,36,38H2,1-3H3,(H2,37,39)/t18-,19-,20+,21+/m1/s1. The number of aromatic nitrogens is 3. The number of nitrogen functional groups attached to an aromatic ring is 2. The summed E-state index contributed by atoms with van der Waals surface area (Å²) in [6, 6.07) is 8.28. The van der Waals surface area contributed by atoms with Gasteiger partial charge < -0.3 is 36.6 Å². The predicted octanol–water partition coefficient (Wildman–Crippen LogP) is 2.40. The number of pyridine rings is 1. The second-order valence-electron chi connectivity index (χ2n) is 13.3. The van der Waals surface area contributed by atoms with E-state index < -0.39 is 6.04 Å². The number of nitrogens with zero attached hydrogens (tertiary/aromatic N) is 9. The van der Waals surface area contributed by atoms with Crippen molar-refractivity contribution in [1.82, 2.24) is 24.8 Å². The van der Waals surface area contributed by atoms with Gasteiger partial charge in [-0.3, -0.25) is 9.69 Å². The molecule has 16 heteroatoms. The fraction of sp³-hybridized carbons (Fsp3) is 0.515. The highest BCUT2D eigenvalue weighted by molar-refractivity contribution is 8.00. The zero-order valence-corrected chi connectivity index (χ0v) is 29.4. The molecule has 4 atom stereocenters. The molecular weight excluding hydrogens is 661 g/mol. The Morgan fingerprint density at radius 2 is 1.96 bits per heavy atom. The van der Waals surface area contributed by atoms with Crippen molar-refractivity contribution in [1.29, 1.82) is 10.5 Å². The highest BCUT2D eigenvalue weighted by Gasteiger charge is 2.53. The minimum absolute atomic E-state index is 0.0110. The van der Waals surface area contributed by atoms with Crippen LogP contribution in [0.25, 0.3) is 0 Å². The van der Waals surface area contributed by atoms with Crippen molar-refractivity contribution in [3.63, 3.8) is 0 Å². The van der Waals surface area contributed by atoms with Crippen molar-refractivity contribution in [2.24, 2.45) is 5.73 Å². The molecule has 0 aromatic carbocycles. The van der Waals surface area contributed by atoms with Gasteiger partial charge in [0.1, 0.15) is 35.1 Å². The molecule has 7 rings (SSSR count). The summed E-state index contributed by atoms with van der Waals surface area (Å²) in [6.07, 6.45) is 3.54. The molecule has 4 aliphatic heterocycles. The topological polar surface area (TPSA) is 204 Å². The van der Waals surface area contributed by atoms with Crippen LogP contribution < -0.4 is 31.7 Å². The van der Waals surface area contributed by atoms with Crippen LogP contribution in [0.3, 0.4) is 0 Å². The summed E-state index contributed by atoms with van der Waals surface area (Å²) in [4.78, 5) is 35.9. The monoisotopic (exact) mass is 700 g/mol. The van der Waals surface area contributed by atoms with E-state index in [9.17, 15) is 15.3 Å². The normalized spacial score (nSPS) is 22.1. The van der Waals surface area contributed by atoms with E-state index >= 15 is 0 Å². The van der Waals surface area contributed by atoms with E-state index in [1.165, 1.54) is 11.3 Å². The number of ether oxygens (including phenoxy) is 1. The van der Waals surface area contributed by atoms with Crippen LogP contribution in [0.15, 0.2) is 18.3 Å². The van der Waals surface area contributed by atoms with E-state index in [0.29, 0.717) is 66.4 Å². The lowest BCUT2D eigenvalue weighted by atomic mass is 9.88. The molecule has 3 aromatic heterocycles. The van der Waals surface area contributed by atoms with Gasteiger partial charge in [0, 0.05) is 79.8 Å². The largest absolute Gasteiger partial charge is 0.462 e. The summed E-state index contributed by atoms with van der Waals surface area (Å²) in [6.45, 7) is 7.29. The first-order chi connectivity index (χ1) is 23.5. The number of thiophene rings is 1. The Morgan fingerprint density at radius 3 is 2.67 bits per heavy atom. The van der Waals surface area contributed by atoms with Crippen LogP contribution >= 0.6 is 23.1 Å². The average molecular weight is 701 g/mol. The minimum Gasteiger partial charge on any atom is -0.462 e. The first-order valence-corrected chi connectivity index (χ1v) is 18.2. The quantitative estimate of drug-likeness (QED) is 0.309. The molecule has 0 saturated carbocycles. The van der Waals surface area contributed by atoms with E-state index in [-0.39, 0.29) is 34.8 Å². The molecule has 0 bridgehead atoms. The molecule has 3 aromatic rings. The van der Waals surface area contributed by atoms with Crippen molar-refractivity contribution >= 4 is 51.5 Å². The summed E-state index contributed by atoms with van der Waals surface area (Å²) >= 11 is 3.30. The smallest absolute Gasteiger partial charge is 0.320 e. The maximum absolute atomic E-state index is 12.5. The number of rotatable bonds is 8. The van der Waals surface area contributed by atoms with E-state index in [4.69, 9.17) is 31.9 Å². The lowest BCUT2D eigenvalue weighted by Crippen LogP contribution is -2.57. The second kappa shape index (κ2) is 12.8. The van der Waals surface area contributed by atoms with Crippen LogP contribution in [0, 0.1) is 22.7 Å². The highest BCUT2D eigenvalue weighted by Crippen LogP contribution is 2.58. The summed E-state index contributed by atoms with van der Waals surface area (Å²) in [5.74, 6) is 2.13. The fourth-order valence-electron chi connectivity index (χ4n) is 7.67. The molecule has 256 valence electrons. The van der Waals surface area contributed by atoms with E-state index in [1.54, 1.807) is 13.1 Å². The van der Waals surface area contributed by atoms with Gasteiger partial charge in [0.15, 0.2) is 11.6 Å². The number of nitrogens with two attached hydrogens (primary N) is 3. The van der Waals surface area contributed by atoms with E-state index in [0.717, 1.165) is 41.1 Å². The predicted molar refractivity (Wildman–Crippen MR) is 190 cm³/mol. The maximum atomic E-state index is 12.5. The zero-order chi connectivity index (χ0) is 34.6. The lowest BCUT2D eigenvalue weighted by Gasteiger charge is -2.48. The van der Waals surface area contributed by atoms with Crippen LogP contribution in [-0.4, -0.2) is 95.2 Å². The number of amides is 1. The first kappa shape index (κ1) is 33.2. The van der Waals surface area contributed by atoms with Crippen molar-refractivity contribution in [2.45, 2.75) is 61.4 Å². The molecule has 14 nitrogen and oxygen atoms in total.